The molecule has 0 rings (SSSR count). The third-order valence-corrected chi connectivity index (χ3v) is 2.27. The van der Waals surface area contributed by atoms with Gasteiger partial charge in [-0.1, -0.05) is 52.2 Å². The lowest BCUT2D eigenvalue weighted by Crippen LogP contribution is -2.02. The lowest BCUT2D eigenvalue weighted by atomic mass is 10.1. The Kier molecular flexibility index (Phi) is 37.5. The predicted octanol–water partition coefficient (Wildman–Crippen LogP) is 1.53. The van der Waals surface area contributed by atoms with Crippen LogP contribution in [0.3, 0.4) is 0 Å². The van der Waals surface area contributed by atoms with E-state index in [1.165, 1.54) is 25.7 Å². The van der Waals surface area contributed by atoms with Gasteiger partial charge in [0.2, 0.25) is 0 Å². The zero-order valence-electron chi connectivity index (χ0n) is 15.0. The summed E-state index contributed by atoms with van der Waals surface area (Å²) < 4.78 is 0. The molecule has 0 heterocycles. The minimum absolute atomic E-state index is 0.125. The molecule has 150 valence electrons. The molecule has 0 aliphatic rings. The van der Waals surface area contributed by atoms with Gasteiger partial charge in [0.15, 0.2) is 6.29 Å². The normalized spacial score (nSPS) is 8.56. The van der Waals surface area contributed by atoms with E-state index in [1.54, 1.807) is 0 Å². The summed E-state index contributed by atoms with van der Waals surface area (Å²) in [6.07, 6.45) is 8.29. The van der Waals surface area contributed by atoms with Gasteiger partial charge in [0, 0.05) is 12.2 Å². The Hall–Kier alpha value is -1.74. The number of carboxylic acid groups (broad SMARTS) is 2. The highest BCUT2D eigenvalue weighted by Gasteiger charge is 1.95. The number of hydrogen-bond acceptors (Lipinski definition) is 6. The molecular formula is C17H34O8. The molecule has 0 spiro atoms. The molecule has 0 bridgehead atoms. The van der Waals surface area contributed by atoms with E-state index in [2.05, 4.69) is 20.1 Å². The van der Waals surface area contributed by atoms with E-state index in [9.17, 15) is 9.59 Å². The summed E-state index contributed by atoms with van der Waals surface area (Å²) in [5.41, 5.74) is 0. The molecule has 25 heavy (non-hydrogen) atoms. The van der Waals surface area contributed by atoms with Gasteiger partial charge < -0.3 is 30.6 Å². The number of unbranched alkanes of at least 4 members (excludes halogenated alkanes) is 5. The van der Waals surface area contributed by atoms with Crippen LogP contribution in [0.4, 0.5) is 0 Å². The van der Waals surface area contributed by atoms with Gasteiger partial charge in [-0.2, -0.15) is 0 Å². The van der Waals surface area contributed by atoms with Crippen molar-refractivity contribution in [2.45, 2.75) is 58.2 Å². The zero-order valence-corrected chi connectivity index (χ0v) is 15.0. The average molecular weight is 366 g/mol. The maximum atomic E-state index is 9.25. The zero-order chi connectivity index (χ0) is 20.5. The maximum absolute atomic E-state index is 9.25. The largest absolute Gasteiger partial charge is 0.478 e. The van der Waals surface area contributed by atoms with Crippen LogP contribution in [0.15, 0.2) is 25.3 Å². The summed E-state index contributed by atoms with van der Waals surface area (Å²) in [5, 5.41) is 47.5. The Bertz CT molecular complexity index is 283. The highest BCUT2D eigenvalue weighted by Crippen LogP contribution is 2.07. The SMILES string of the molecule is C=CC(=O)O.C=CC(=O)O.CCCCCCCCC(O)O.OCCO. The second-order valence-electron chi connectivity index (χ2n) is 4.57. The molecule has 0 fully saturated rings. The Morgan fingerprint density at radius 3 is 1.40 bits per heavy atom. The van der Waals surface area contributed by atoms with E-state index in [4.69, 9.17) is 30.6 Å². The van der Waals surface area contributed by atoms with Crippen LogP contribution in [0.5, 0.6) is 0 Å². The van der Waals surface area contributed by atoms with Crippen LogP contribution in [0.2, 0.25) is 0 Å². The Morgan fingerprint density at radius 2 is 1.16 bits per heavy atom. The van der Waals surface area contributed by atoms with Gasteiger partial charge in [-0.3, -0.25) is 0 Å². The molecule has 0 aliphatic carbocycles. The molecule has 0 saturated heterocycles. The first-order valence-corrected chi connectivity index (χ1v) is 8.01. The van der Waals surface area contributed by atoms with Crippen LogP contribution in [0, 0.1) is 0 Å². The standard InChI is InChI=1S/C9H20O2.2C3H4O2.C2H6O2/c1-2-3-4-5-6-7-8-9(10)11;2*1-2-3(4)5;3-1-2-4/h9-11H,2-8H2,1H3;2*2H,1H2,(H,4,5);3-4H,1-2H2. The van der Waals surface area contributed by atoms with Crippen molar-refractivity contribution in [1.82, 2.24) is 0 Å². The summed E-state index contributed by atoms with van der Waals surface area (Å²) in [5.74, 6) is -1.96. The van der Waals surface area contributed by atoms with Crippen molar-refractivity contribution in [2.75, 3.05) is 13.2 Å². The molecule has 8 nitrogen and oxygen atoms in total. The van der Waals surface area contributed by atoms with Gasteiger partial charge in [-0.15, -0.1) is 0 Å². The highest BCUT2D eigenvalue weighted by molar-refractivity contribution is 5.79. The summed E-state index contributed by atoms with van der Waals surface area (Å²) in [7, 11) is 0. The van der Waals surface area contributed by atoms with E-state index in [0.717, 1.165) is 25.0 Å². The first kappa shape index (κ1) is 31.1. The van der Waals surface area contributed by atoms with Gasteiger partial charge in [0.05, 0.1) is 13.2 Å². The van der Waals surface area contributed by atoms with Crippen LogP contribution >= 0.6 is 0 Å². The van der Waals surface area contributed by atoms with Gasteiger partial charge >= 0.3 is 11.9 Å². The monoisotopic (exact) mass is 366 g/mol. The van der Waals surface area contributed by atoms with Crippen molar-refractivity contribution < 1.29 is 40.2 Å². The van der Waals surface area contributed by atoms with Gasteiger partial charge in [-0.25, -0.2) is 9.59 Å². The molecule has 0 atom stereocenters. The highest BCUT2D eigenvalue weighted by atomic mass is 16.5. The molecule has 0 aliphatic heterocycles. The van der Waals surface area contributed by atoms with Crippen molar-refractivity contribution in [2.24, 2.45) is 0 Å². The van der Waals surface area contributed by atoms with Crippen LogP contribution in [0.1, 0.15) is 51.9 Å². The van der Waals surface area contributed by atoms with Crippen molar-refractivity contribution in [3.05, 3.63) is 25.3 Å². The van der Waals surface area contributed by atoms with Gasteiger partial charge in [0.1, 0.15) is 0 Å². The number of carbonyl (C=O) groups is 2. The predicted molar refractivity (Wildman–Crippen MR) is 96.1 cm³/mol. The van der Waals surface area contributed by atoms with Crippen molar-refractivity contribution in [1.29, 1.82) is 0 Å². The minimum atomic E-state index is -1.10. The fraction of sp³-hybridized carbons (Fsp3) is 0.647. The fourth-order valence-corrected chi connectivity index (χ4v) is 1.11. The van der Waals surface area contributed by atoms with Crippen LogP contribution in [-0.2, 0) is 9.59 Å². The van der Waals surface area contributed by atoms with E-state index >= 15 is 0 Å². The fourth-order valence-electron chi connectivity index (χ4n) is 1.11. The Morgan fingerprint density at radius 1 is 0.840 bits per heavy atom. The summed E-state index contributed by atoms with van der Waals surface area (Å²) in [6.45, 7) is 7.86. The molecule has 0 aromatic carbocycles. The third-order valence-electron chi connectivity index (χ3n) is 2.27. The summed E-state index contributed by atoms with van der Waals surface area (Å²) in [4.78, 5) is 18.5. The van der Waals surface area contributed by atoms with Gasteiger partial charge in [-0.05, 0) is 12.8 Å². The first-order chi connectivity index (χ1) is 11.7. The first-order valence-electron chi connectivity index (χ1n) is 8.01. The number of aliphatic carboxylic acids is 2. The number of aliphatic hydroxyl groups is 4. The molecule has 0 aromatic heterocycles. The van der Waals surface area contributed by atoms with Crippen molar-refractivity contribution >= 4 is 11.9 Å². The molecule has 8 heteroatoms. The number of aliphatic hydroxyl groups excluding tert-OH is 3. The van der Waals surface area contributed by atoms with Crippen molar-refractivity contribution in [3.63, 3.8) is 0 Å². The lowest BCUT2D eigenvalue weighted by molar-refractivity contribution is -0.132. The topological polar surface area (TPSA) is 156 Å². The van der Waals surface area contributed by atoms with E-state index in [-0.39, 0.29) is 13.2 Å². The van der Waals surface area contributed by atoms with E-state index in [1.807, 2.05) is 0 Å². The molecule has 0 saturated carbocycles. The molecule has 0 radical (unpaired) electrons. The second kappa shape index (κ2) is 30.2. The molecule has 0 amide bonds. The molecular weight excluding hydrogens is 332 g/mol. The smallest absolute Gasteiger partial charge is 0.327 e. The quantitative estimate of drug-likeness (QED) is 0.193. The molecule has 6 N–H and O–H groups in total. The van der Waals surface area contributed by atoms with Crippen molar-refractivity contribution in [3.8, 4) is 0 Å². The lowest BCUT2D eigenvalue weighted by Gasteiger charge is -2.02. The summed E-state index contributed by atoms with van der Waals surface area (Å²) in [6, 6.07) is 0. The Balaban J connectivity index is -0.000000132. The van der Waals surface area contributed by atoms with Crippen LogP contribution in [0.25, 0.3) is 0 Å². The number of carboxylic acids is 2. The van der Waals surface area contributed by atoms with E-state index < -0.39 is 18.2 Å². The van der Waals surface area contributed by atoms with Gasteiger partial charge in [0.25, 0.3) is 0 Å². The second-order valence-corrected chi connectivity index (χ2v) is 4.57. The van der Waals surface area contributed by atoms with E-state index in [0.29, 0.717) is 6.42 Å². The number of rotatable bonds is 10. The van der Waals surface area contributed by atoms with Crippen LogP contribution < -0.4 is 0 Å². The molecule has 0 aromatic rings. The third kappa shape index (κ3) is 72.1. The van der Waals surface area contributed by atoms with Crippen LogP contribution in [-0.4, -0.2) is 62.1 Å². The minimum Gasteiger partial charge on any atom is -0.478 e. The maximum Gasteiger partial charge on any atom is 0.327 e. The molecule has 0 unspecified atom stereocenters. The Labute approximate surface area is 149 Å². The summed E-state index contributed by atoms with van der Waals surface area (Å²) >= 11 is 0. The number of hydrogen-bond donors (Lipinski definition) is 6. The average Bonchev–Trinajstić information content (AvgIpc) is 2.59.